The lowest BCUT2D eigenvalue weighted by molar-refractivity contribution is 0.478. The number of allylic oxidation sites excluding steroid dienone is 4. The van der Waals surface area contributed by atoms with Gasteiger partial charge in [0.2, 0.25) is 0 Å². The van der Waals surface area contributed by atoms with Gasteiger partial charge in [0.05, 0.1) is 0 Å². The number of rotatable bonds is 0. The van der Waals surface area contributed by atoms with Crippen LogP contribution in [0.25, 0.3) is 0 Å². The third-order valence-electron chi connectivity index (χ3n) is 3.62. The van der Waals surface area contributed by atoms with E-state index >= 15 is 0 Å². The standard InChI is InChI=1S/C13H17N/c1-9-6-7-11-10-4-2-3-5-12(10)14-13(11)8-9/h2,4,6-7,9-10,12,14H,3,5,8H2,1H3. The molecule has 1 N–H and O–H groups in total. The van der Waals surface area contributed by atoms with Gasteiger partial charge < -0.3 is 5.32 Å². The molecule has 0 aromatic carbocycles. The Morgan fingerprint density at radius 2 is 2.29 bits per heavy atom. The predicted molar refractivity (Wildman–Crippen MR) is 58.7 cm³/mol. The first-order valence-electron chi connectivity index (χ1n) is 5.69. The summed E-state index contributed by atoms with van der Waals surface area (Å²) in [5.74, 6) is 1.38. The van der Waals surface area contributed by atoms with Crippen LogP contribution in [0.3, 0.4) is 0 Å². The van der Waals surface area contributed by atoms with Crippen molar-refractivity contribution in [3.05, 3.63) is 35.6 Å². The van der Waals surface area contributed by atoms with Crippen LogP contribution >= 0.6 is 0 Å². The van der Waals surface area contributed by atoms with Crippen molar-refractivity contribution in [2.24, 2.45) is 11.8 Å². The maximum absolute atomic E-state index is 3.70. The molecule has 0 aromatic rings. The Morgan fingerprint density at radius 3 is 3.21 bits per heavy atom. The highest BCUT2D eigenvalue weighted by Crippen LogP contribution is 2.38. The molecule has 0 radical (unpaired) electrons. The second kappa shape index (κ2) is 3.01. The molecule has 2 aliphatic carbocycles. The van der Waals surface area contributed by atoms with Gasteiger partial charge in [0.25, 0.3) is 0 Å². The van der Waals surface area contributed by atoms with Gasteiger partial charge in [0.15, 0.2) is 0 Å². The van der Waals surface area contributed by atoms with Crippen LogP contribution in [-0.4, -0.2) is 6.04 Å². The molecule has 3 rings (SSSR count). The average Bonchev–Trinajstić information content (AvgIpc) is 2.54. The molecule has 3 aliphatic rings. The molecule has 0 bridgehead atoms. The Balaban J connectivity index is 1.93. The van der Waals surface area contributed by atoms with Gasteiger partial charge in [-0.05, 0) is 30.8 Å². The lowest BCUT2D eigenvalue weighted by atomic mass is 9.84. The van der Waals surface area contributed by atoms with E-state index in [1.165, 1.54) is 25.0 Å². The number of nitrogens with one attached hydrogen (secondary N) is 1. The van der Waals surface area contributed by atoms with Crippen molar-refractivity contribution in [3.8, 4) is 0 Å². The summed E-state index contributed by atoms with van der Waals surface area (Å²) in [5, 5.41) is 3.70. The summed E-state index contributed by atoms with van der Waals surface area (Å²) in [4.78, 5) is 0. The first-order chi connectivity index (χ1) is 6.84. The van der Waals surface area contributed by atoms with Gasteiger partial charge in [0, 0.05) is 17.7 Å². The molecule has 74 valence electrons. The molecule has 3 unspecified atom stereocenters. The fourth-order valence-electron chi connectivity index (χ4n) is 2.87. The van der Waals surface area contributed by atoms with Crippen molar-refractivity contribution >= 4 is 0 Å². The number of hydrogen-bond donors (Lipinski definition) is 1. The topological polar surface area (TPSA) is 12.0 Å². The summed E-state index contributed by atoms with van der Waals surface area (Å²) in [6, 6.07) is 0.694. The highest BCUT2D eigenvalue weighted by atomic mass is 15.0. The van der Waals surface area contributed by atoms with Gasteiger partial charge in [-0.3, -0.25) is 0 Å². The Morgan fingerprint density at radius 1 is 1.36 bits per heavy atom. The maximum atomic E-state index is 3.70. The number of fused-ring (bicyclic) bond motifs is 2. The van der Waals surface area contributed by atoms with E-state index in [0.717, 1.165) is 0 Å². The second-order valence-corrected chi connectivity index (χ2v) is 4.76. The van der Waals surface area contributed by atoms with Crippen LogP contribution in [-0.2, 0) is 0 Å². The zero-order valence-corrected chi connectivity index (χ0v) is 8.66. The predicted octanol–water partition coefficient (Wildman–Crippen LogP) is 2.77. The van der Waals surface area contributed by atoms with E-state index in [-0.39, 0.29) is 0 Å². The molecular weight excluding hydrogens is 170 g/mol. The second-order valence-electron chi connectivity index (χ2n) is 4.76. The SMILES string of the molecule is CC1C=CC2=C(C1)NC1CCC=CC21. The average molecular weight is 187 g/mol. The smallest absolute Gasteiger partial charge is 0.0365 e. The quantitative estimate of drug-likeness (QED) is 0.575. The van der Waals surface area contributed by atoms with Gasteiger partial charge in [-0.2, -0.15) is 0 Å². The van der Waals surface area contributed by atoms with Gasteiger partial charge in [0.1, 0.15) is 0 Å². The van der Waals surface area contributed by atoms with E-state index in [1.807, 2.05) is 0 Å². The molecule has 0 amide bonds. The number of hydrogen-bond acceptors (Lipinski definition) is 1. The first kappa shape index (κ1) is 8.34. The summed E-state index contributed by atoms with van der Waals surface area (Å²) < 4.78 is 0. The molecule has 0 saturated carbocycles. The Hall–Kier alpha value is -0.980. The maximum Gasteiger partial charge on any atom is 0.0365 e. The zero-order valence-electron chi connectivity index (χ0n) is 8.66. The van der Waals surface area contributed by atoms with Crippen LogP contribution in [0, 0.1) is 11.8 Å². The minimum absolute atomic E-state index is 0.669. The molecule has 1 heteroatoms. The van der Waals surface area contributed by atoms with Crippen molar-refractivity contribution in [2.45, 2.75) is 32.2 Å². The lowest BCUT2D eigenvalue weighted by Gasteiger charge is -2.21. The van der Waals surface area contributed by atoms with Gasteiger partial charge in [-0.25, -0.2) is 0 Å². The minimum Gasteiger partial charge on any atom is -0.384 e. The highest BCUT2D eigenvalue weighted by Gasteiger charge is 2.33. The van der Waals surface area contributed by atoms with Crippen LogP contribution < -0.4 is 5.32 Å². The fraction of sp³-hybridized carbons (Fsp3) is 0.538. The molecule has 0 aromatic heterocycles. The Kier molecular flexibility index (Phi) is 1.79. The van der Waals surface area contributed by atoms with Crippen molar-refractivity contribution in [1.82, 2.24) is 5.32 Å². The van der Waals surface area contributed by atoms with Gasteiger partial charge >= 0.3 is 0 Å². The normalized spacial score (nSPS) is 39.4. The lowest BCUT2D eigenvalue weighted by Crippen LogP contribution is -2.29. The van der Waals surface area contributed by atoms with Gasteiger partial charge in [-0.1, -0.05) is 31.2 Å². The highest BCUT2D eigenvalue weighted by molar-refractivity contribution is 5.40. The van der Waals surface area contributed by atoms with Crippen molar-refractivity contribution in [3.63, 3.8) is 0 Å². The van der Waals surface area contributed by atoms with Crippen LogP contribution in [0.2, 0.25) is 0 Å². The fourth-order valence-corrected chi connectivity index (χ4v) is 2.87. The summed E-state index contributed by atoms with van der Waals surface area (Å²) >= 11 is 0. The van der Waals surface area contributed by atoms with Crippen LogP contribution in [0.15, 0.2) is 35.6 Å². The zero-order chi connectivity index (χ0) is 9.54. The summed E-state index contributed by atoms with van der Waals surface area (Å²) in [5.41, 5.74) is 3.07. The third-order valence-corrected chi connectivity index (χ3v) is 3.62. The van der Waals surface area contributed by atoms with Crippen LogP contribution in [0.1, 0.15) is 26.2 Å². The third kappa shape index (κ3) is 1.15. The van der Waals surface area contributed by atoms with E-state index in [9.17, 15) is 0 Å². The van der Waals surface area contributed by atoms with Gasteiger partial charge in [-0.15, -0.1) is 0 Å². The molecule has 1 heterocycles. The van der Waals surface area contributed by atoms with E-state index in [4.69, 9.17) is 0 Å². The Labute approximate surface area is 85.6 Å². The van der Waals surface area contributed by atoms with Crippen molar-refractivity contribution in [1.29, 1.82) is 0 Å². The first-order valence-corrected chi connectivity index (χ1v) is 5.69. The molecular formula is C13H17N. The largest absolute Gasteiger partial charge is 0.384 e. The molecule has 1 aliphatic heterocycles. The molecule has 3 atom stereocenters. The van der Waals surface area contributed by atoms with E-state index < -0.39 is 0 Å². The summed E-state index contributed by atoms with van der Waals surface area (Å²) in [6.07, 6.45) is 13.2. The molecule has 1 nitrogen and oxygen atoms in total. The van der Waals surface area contributed by atoms with E-state index in [0.29, 0.717) is 17.9 Å². The monoisotopic (exact) mass is 187 g/mol. The molecule has 0 fully saturated rings. The summed E-state index contributed by atoms with van der Waals surface area (Å²) in [7, 11) is 0. The van der Waals surface area contributed by atoms with Crippen molar-refractivity contribution < 1.29 is 0 Å². The van der Waals surface area contributed by atoms with E-state index in [1.54, 1.807) is 5.57 Å². The molecule has 0 saturated heterocycles. The molecule has 0 spiro atoms. The van der Waals surface area contributed by atoms with Crippen molar-refractivity contribution in [2.75, 3.05) is 0 Å². The Bertz CT molecular complexity index is 335. The minimum atomic E-state index is 0.669. The van der Waals surface area contributed by atoms with Crippen LogP contribution in [0.4, 0.5) is 0 Å². The summed E-state index contributed by atoms with van der Waals surface area (Å²) in [6.45, 7) is 2.29. The van der Waals surface area contributed by atoms with Crippen LogP contribution in [0.5, 0.6) is 0 Å². The van der Waals surface area contributed by atoms with E-state index in [2.05, 4.69) is 36.5 Å². The molecule has 14 heavy (non-hydrogen) atoms.